The number of aryl methyl sites for hydroxylation is 1. The zero-order valence-electron chi connectivity index (χ0n) is 17.9. The van der Waals surface area contributed by atoms with Crippen LogP contribution in [0.1, 0.15) is 53.3 Å². The van der Waals surface area contributed by atoms with E-state index in [-0.39, 0.29) is 5.91 Å². The molecule has 0 bridgehead atoms. The van der Waals surface area contributed by atoms with E-state index >= 15 is 0 Å². The summed E-state index contributed by atoms with van der Waals surface area (Å²) in [6.45, 7) is 3.52. The fraction of sp³-hybridized carbons (Fsp3) is 0.478. The van der Waals surface area contributed by atoms with Crippen LogP contribution >= 0.6 is 0 Å². The summed E-state index contributed by atoms with van der Waals surface area (Å²) in [5.74, 6) is 1.27. The van der Waals surface area contributed by atoms with E-state index in [1.165, 1.54) is 0 Å². The van der Waals surface area contributed by atoms with Gasteiger partial charge in [0.25, 0.3) is 5.91 Å². The van der Waals surface area contributed by atoms with Crippen LogP contribution in [0.15, 0.2) is 30.5 Å². The maximum Gasteiger partial charge on any atom is 0.254 e. The van der Waals surface area contributed by atoms with E-state index in [0.717, 1.165) is 72.6 Å². The van der Waals surface area contributed by atoms with Gasteiger partial charge in [0.2, 0.25) is 0 Å². The Hall–Kier alpha value is -2.80. The Balaban J connectivity index is 1.62. The maximum absolute atomic E-state index is 13.7. The molecule has 1 saturated carbocycles. The molecule has 4 heterocycles. The molecule has 0 N–H and O–H groups in total. The smallest absolute Gasteiger partial charge is 0.254 e. The van der Waals surface area contributed by atoms with Crippen molar-refractivity contribution < 1.29 is 4.79 Å². The van der Waals surface area contributed by atoms with E-state index in [4.69, 9.17) is 10.1 Å². The summed E-state index contributed by atoms with van der Waals surface area (Å²) >= 11 is 0. The van der Waals surface area contributed by atoms with Crippen LogP contribution in [-0.4, -0.2) is 68.7 Å². The molecule has 1 aliphatic carbocycles. The van der Waals surface area contributed by atoms with Crippen LogP contribution in [0.25, 0.3) is 16.9 Å². The van der Waals surface area contributed by atoms with E-state index in [1.807, 2.05) is 36.1 Å². The van der Waals surface area contributed by atoms with Crippen LogP contribution in [0.2, 0.25) is 0 Å². The van der Waals surface area contributed by atoms with Crippen molar-refractivity contribution in [3.8, 4) is 5.82 Å². The Morgan fingerprint density at radius 1 is 1.20 bits per heavy atom. The number of piperidine rings is 1. The van der Waals surface area contributed by atoms with E-state index in [1.54, 1.807) is 10.9 Å². The van der Waals surface area contributed by atoms with E-state index < -0.39 is 0 Å². The molecule has 3 aromatic rings. The van der Waals surface area contributed by atoms with Crippen molar-refractivity contribution in [2.75, 3.05) is 27.2 Å². The lowest BCUT2D eigenvalue weighted by molar-refractivity contribution is 0.0637. The van der Waals surface area contributed by atoms with E-state index in [2.05, 4.69) is 24.0 Å². The second kappa shape index (κ2) is 7.47. The summed E-state index contributed by atoms with van der Waals surface area (Å²) in [6, 6.07) is 8.18. The van der Waals surface area contributed by atoms with Gasteiger partial charge in [0, 0.05) is 36.9 Å². The van der Waals surface area contributed by atoms with E-state index in [9.17, 15) is 4.79 Å². The number of aromatic nitrogens is 4. The largest absolute Gasteiger partial charge is 0.337 e. The average Bonchev–Trinajstić information content (AvgIpc) is 3.57. The van der Waals surface area contributed by atoms with Gasteiger partial charge in [-0.25, -0.2) is 9.97 Å². The zero-order valence-corrected chi connectivity index (χ0v) is 17.9. The molecule has 0 spiro atoms. The number of fused-ring (bicyclic) bond motifs is 1. The average molecular weight is 405 g/mol. The molecule has 7 nitrogen and oxygen atoms in total. The van der Waals surface area contributed by atoms with Crippen molar-refractivity contribution >= 4 is 16.9 Å². The summed E-state index contributed by atoms with van der Waals surface area (Å²) in [4.78, 5) is 27.3. The molecule has 5 rings (SSSR count). The van der Waals surface area contributed by atoms with Gasteiger partial charge in [-0.05, 0) is 64.9 Å². The predicted molar refractivity (Wildman–Crippen MR) is 116 cm³/mol. The molecule has 1 saturated heterocycles. The highest BCUT2D eigenvalue weighted by molar-refractivity contribution is 6.06. The number of carbonyl (C=O) groups excluding carboxylic acids is 1. The third-order valence-electron chi connectivity index (χ3n) is 6.34. The minimum atomic E-state index is 0.0968. The number of likely N-dealkylation sites (tertiary alicyclic amines) is 1. The molecule has 1 atom stereocenters. The highest BCUT2D eigenvalue weighted by Gasteiger charge is 2.32. The highest BCUT2D eigenvalue weighted by atomic mass is 16.2. The van der Waals surface area contributed by atoms with Crippen molar-refractivity contribution in [3.63, 3.8) is 0 Å². The van der Waals surface area contributed by atoms with Crippen LogP contribution in [-0.2, 0) is 0 Å². The zero-order chi connectivity index (χ0) is 20.8. The number of pyridine rings is 2. The van der Waals surface area contributed by atoms with Gasteiger partial charge >= 0.3 is 0 Å². The molecule has 2 fully saturated rings. The van der Waals surface area contributed by atoms with Crippen LogP contribution in [0.4, 0.5) is 0 Å². The first-order chi connectivity index (χ1) is 14.5. The fourth-order valence-corrected chi connectivity index (χ4v) is 4.44. The Morgan fingerprint density at radius 2 is 2.03 bits per heavy atom. The number of carbonyl (C=O) groups is 1. The summed E-state index contributed by atoms with van der Waals surface area (Å²) in [6.07, 6.45) is 6.19. The molecule has 2 aliphatic rings. The van der Waals surface area contributed by atoms with Gasteiger partial charge in [-0.2, -0.15) is 9.78 Å². The number of likely N-dealkylation sites (N-methyl/N-ethyl adjacent to an activating group) is 1. The standard InChI is InChI=1S/C23H28N6O/c1-15-21-18(23(30)28-12-6-7-17(14-28)27(2)3)13-19(16-9-10-16)25-22(21)29(26-15)20-8-4-5-11-24-20/h4-5,8,11,13,16-17H,6-7,9-10,12,14H2,1-3H3. The lowest BCUT2D eigenvalue weighted by atomic mass is 10.0. The van der Waals surface area contributed by atoms with Crippen LogP contribution < -0.4 is 0 Å². The molecule has 0 aromatic carbocycles. The number of hydrogen-bond donors (Lipinski definition) is 0. The van der Waals surface area contributed by atoms with Gasteiger partial charge in [-0.3, -0.25) is 4.79 Å². The van der Waals surface area contributed by atoms with Gasteiger partial charge in [-0.1, -0.05) is 6.07 Å². The van der Waals surface area contributed by atoms with Crippen molar-refractivity contribution in [1.29, 1.82) is 0 Å². The quantitative estimate of drug-likeness (QED) is 0.668. The first-order valence-electron chi connectivity index (χ1n) is 10.8. The lowest BCUT2D eigenvalue weighted by Gasteiger charge is -2.36. The van der Waals surface area contributed by atoms with Crippen LogP contribution in [0, 0.1) is 6.92 Å². The van der Waals surface area contributed by atoms with E-state index in [0.29, 0.717) is 12.0 Å². The molecule has 3 aromatic heterocycles. The van der Waals surface area contributed by atoms with Gasteiger partial charge in [0.05, 0.1) is 16.6 Å². The first kappa shape index (κ1) is 19.2. The molecule has 1 amide bonds. The third kappa shape index (κ3) is 3.37. The third-order valence-corrected chi connectivity index (χ3v) is 6.34. The monoisotopic (exact) mass is 404 g/mol. The Bertz CT molecular complexity index is 1090. The number of hydrogen-bond acceptors (Lipinski definition) is 5. The normalized spacial score (nSPS) is 19.6. The summed E-state index contributed by atoms with van der Waals surface area (Å²) < 4.78 is 1.78. The van der Waals surface area contributed by atoms with Crippen molar-refractivity contribution in [1.82, 2.24) is 29.5 Å². The Labute approximate surface area is 176 Å². The minimum Gasteiger partial charge on any atom is -0.337 e. The van der Waals surface area contributed by atoms with Crippen LogP contribution in [0.3, 0.4) is 0 Å². The number of nitrogens with zero attached hydrogens (tertiary/aromatic N) is 6. The molecular weight excluding hydrogens is 376 g/mol. The van der Waals surface area contributed by atoms with Gasteiger partial charge in [0.15, 0.2) is 11.5 Å². The Kier molecular flexibility index (Phi) is 4.77. The molecule has 30 heavy (non-hydrogen) atoms. The Morgan fingerprint density at radius 3 is 2.73 bits per heavy atom. The SMILES string of the molecule is Cc1nn(-c2ccccn2)c2nc(C3CC3)cc(C(=O)N3CCCC(N(C)C)C3)c12. The highest BCUT2D eigenvalue weighted by Crippen LogP contribution is 2.41. The van der Waals surface area contributed by atoms with Crippen molar-refractivity contribution in [2.24, 2.45) is 0 Å². The van der Waals surface area contributed by atoms with Crippen LogP contribution in [0.5, 0.6) is 0 Å². The molecule has 156 valence electrons. The van der Waals surface area contributed by atoms with Crippen molar-refractivity contribution in [2.45, 2.75) is 44.6 Å². The summed E-state index contributed by atoms with van der Waals surface area (Å²) in [7, 11) is 4.19. The van der Waals surface area contributed by atoms with Gasteiger partial charge < -0.3 is 9.80 Å². The molecule has 0 radical (unpaired) electrons. The molecule has 7 heteroatoms. The van der Waals surface area contributed by atoms with Gasteiger partial charge in [-0.15, -0.1) is 0 Å². The van der Waals surface area contributed by atoms with Gasteiger partial charge in [0.1, 0.15) is 0 Å². The minimum absolute atomic E-state index is 0.0968. The number of amides is 1. The molecule has 1 aliphatic heterocycles. The maximum atomic E-state index is 13.7. The molecule has 1 unspecified atom stereocenters. The predicted octanol–water partition coefficient (Wildman–Crippen LogP) is 3.17. The lowest BCUT2D eigenvalue weighted by Crippen LogP contribution is -2.47. The topological polar surface area (TPSA) is 67.2 Å². The molecular formula is C23H28N6O. The second-order valence-corrected chi connectivity index (χ2v) is 8.76. The summed E-state index contributed by atoms with van der Waals surface area (Å²) in [5, 5.41) is 5.57. The fourth-order valence-electron chi connectivity index (χ4n) is 4.44. The first-order valence-corrected chi connectivity index (χ1v) is 10.8. The number of rotatable bonds is 4. The van der Waals surface area contributed by atoms with Crippen molar-refractivity contribution in [3.05, 3.63) is 47.4 Å². The second-order valence-electron chi connectivity index (χ2n) is 8.76. The summed E-state index contributed by atoms with van der Waals surface area (Å²) in [5.41, 5.74) is 3.29.